The van der Waals surface area contributed by atoms with Crippen LogP contribution < -0.4 is 0 Å². The van der Waals surface area contributed by atoms with Crippen molar-refractivity contribution >= 4 is 0 Å². The Morgan fingerprint density at radius 3 is 2.56 bits per heavy atom. The van der Waals surface area contributed by atoms with Gasteiger partial charge in [-0.1, -0.05) is 37.8 Å². The Hall–Kier alpha value is -1.22. The summed E-state index contributed by atoms with van der Waals surface area (Å²) in [5.41, 5.74) is 3.03. The molecule has 3 aliphatic carbocycles. The smallest absolute Gasteiger partial charge is 0.0326 e. The molecule has 0 heterocycles. The summed E-state index contributed by atoms with van der Waals surface area (Å²) in [5, 5.41) is 0. The van der Waals surface area contributed by atoms with E-state index in [4.69, 9.17) is 0 Å². The molecule has 0 atom stereocenters. The maximum Gasteiger partial charge on any atom is 0.0326 e. The van der Waals surface area contributed by atoms with Gasteiger partial charge in [0.2, 0.25) is 0 Å². The highest BCUT2D eigenvalue weighted by Crippen LogP contribution is 2.63. The molecular weight excluding hydrogens is 192 g/mol. The Morgan fingerprint density at radius 2 is 2.00 bits per heavy atom. The third-order valence-corrected chi connectivity index (χ3v) is 4.06. The minimum Gasteiger partial charge on any atom is -0.0911 e. The summed E-state index contributed by atoms with van der Waals surface area (Å²) in [6, 6.07) is 8.69. The van der Waals surface area contributed by atoms with Gasteiger partial charge in [0.25, 0.3) is 0 Å². The topological polar surface area (TPSA) is 0 Å². The molecular formula is C16H18. The SMILES string of the molecule is CC(C)c1cccc(C#CC23CC(C2)C3)c1. The predicted octanol–water partition coefficient (Wildman–Crippen LogP) is 3.96. The quantitative estimate of drug-likeness (QED) is 0.615. The van der Waals surface area contributed by atoms with Gasteiger partial charge in [0, 0.05) is 11.0 Å². The molecule has 0 saturated heterocycles. The molecule has 82 valence electrons. The molecule has 0 spiro atoms. The van der Waals surface area contributed by atoms with Crippen molar-refractivity contribution in [3.8, 4) is 11.8 Å². The minimum absolute atomic E-state index is 0.443. The van der Waals surface area contributed by atoms with Crippen LogP contribution in [-0.2, 0) is 0 Å². The van der Waals surface area contributed by atoms with Gasteiger partial charge in [0.15, 0.2) is 0 Å². The van der Waals surface area contributed by atoms with E-state index in [1.807, 2.05) is 0 Å². The van der Waals surface area contributed by atoms with Crippen molar-refractivity contribution in [2.75, 3.05) is 0 Å². The van der Waals surface area contributed by atoms with E-state index in [1.165, 1.54) is 30.4 Å². The Bertz CT molecular complexity index is 453. The van der Waals surface area contributed by atoms with Gasteiger partial charge in [-0.3, -0.25) is 0 Å². The Labute approximate surface area is 98.1 Å². The second-order valence-electron chi connectivity index (χ2n) is 5.79. The maximum atomic E-state index is 3.49. The number of rotatable bonds is 1. The summed E-state index contributed by atoms with van der Waals surface area (Å²) in [5.74, 6) is 8.48. The highest BCUT2D eigenvalue weighted by molar-refractivity contribution is 5.41. The van der Waals surface area contributed by atoms with Crippen LogP contribution in [0.1, 0.15) is 50.2 Å². The molecule has 3 fully saturated rings. The lowest BCUT2D eigenvalue weighted by molar-refractivity contribution is -0.0506. The van der Waals surface area contributed by atoms with Crippen LogP contribution in [0.15, 0.2) is 24.3 Å². The van der Waals surface area contributed by atoms with Gasteiger partial charge in [-0.05, 0) is 48.8 Å². The molecule has 0 unspecified atom stereocenters. The second kappa shape index (κ2) is 3.39. The Morgan fingerprint density at radius 1 is 1.25 bits per heavy atom. The summed E-state index contributed by atoms with van der Waals surface area (Å²) in [7, 11) is 0. The molecule has 0 nitrogen and oxygen atoms in total. The van der Waals surface area contributed by atoms with Crippen molar-refractivity contribution in [3.63, 3.8) is 0 Å². The summed E-state index contributed by atoms with van der Waals surface area (Å²) < 4.78 is 0. The van der Waals surface area contributed by atoms with E-state index in [2.05, 4.69) is 50.0 Å². The van der Waals surface area contributed by atoms with E-state index >= 15 is 0 Å². The fraction of sp³-hybridized carbons (Fsp3) is 0.500. The highest BCUT2D eigenvalue weighted by Gasteiger charge is 2.55. The summed E-state index contributed by atoms with van der Waals surface area (Å²) >= 11 is 0. The minimum atomic E-state index is 0.443. The van der Waals surface area contributed by atoms with Crippen molar-refractivity contribution in [2.24, 2.45) is 11.3 Å². The van der Waals surface area contributed by atoms with Gasteiger partial charge in [-0.15, -0.1) is 0 Å². The van der Waals surface area contributed by atoms with Crippen LogP contribution in [0, 0.1) is 23.2 Å². The molecule has 0 radical (unpaired) electrons. The van der Waals surface area contributed by atoms with E-state index in [9.17, 15) is 0 Å². The lowest BCUT2D eigenvalue weighted by Gasteiger charge is -2.58. The molecule has 0 aromatic heterocycles. The zero-order chi connectivity index (χ0) is 11.2. The lowest BCUT2D eigenvalue weighted by Crippen LogP contribution is -2.50. The number of benzene rings is 1. The Balaban J connectivity index is 1.81. The molecule has 1 aromatic rings. The van der Waals surface area contributed by atoms with Crippen molar-refractivity contribution in [3.05, 3.63) is 35.4 Å². The molecule has 4 rings (SSSR count). The van der Waals surface area contributed by atoms with Crippen LogP contribution >= 0.6 is 0 Å². The standard InChI is InChI=1S/C16H18/c1-12(2)15-5-3-4-13(8-15)6-7-16-9-14(10-16)11-16/h3-5,8,12,14H,9-11H2,1-2H3. The highest BCUT2D eigenvalue weighted by atomic mass is 14.6. The van der Waals surface area contributed by atoms with E-state index in [-0.39, 0.29) is 0 Å². The first-order valence-electron chi connectivity index (χ1n) is 6.30. The van der Waals surface area contributed by atoms with E-state index in [0.717, 1.165) is 5.92 Å². The monoisotopic (exact) mass is 210 g/mol. The molecule has 0 amide bonds. The number of hydrogen-bond acceptors (Lipinski definition) is 0. The van der Waals surface area contributed by atoms with Crippen LogP contribution in [0.3, 0.4) is 0 Å². The van der Waals surface area contributed by atoms with Gasteiger partial charge in [0.05, 0.1) is 0 Å². The first kappa shape index (κ1) is 9.97. The second-order valence-corrected chi connectivity index (χ2v) is 5.79. The van der Waals surface area contributed by atoms with Gasteiger partial charge in [-0.2, -0.15) is 0 Å². The first-order chi connectivity index (χ1) is 7.67. The van der Waals surface area contributed by atoms with E-state index in [0.29, 0.717) is 11.3 Å². The molecule has 0 heteroatoms. The molecule has 3 saturated carbocycles. The Kier molecular flexibility index (Phi) is 2.11. The number of hydrogen-bond donors (Lipinski definition) is 0. The van der Waals surface area contributed by atoms with Gasteiger partial charge >= 0.3 is 0 Å². The van der Waals surface area contributed by atoms with E-state index < -0.39 is 0 Å². The normalized spacial score (nSPS) is 30.1. The molecule has 3 aliphatic rings. The van der Waals surface area contributed by atoms with Crippen molar-refractivity contribution in [1.29, 1.82) is 0 Å². The lowest BCUT2D eigenvalue weighted by atomic mass is 9.45. The third kappa shape index (κ3) is 1.55. The molecule has 0 aliphatic heterocycles. The van der Waals surface area contributed by atoms with Crippen molar-refractivity contribution in [2.45, 2.75) is 39.0 Å². The third-order valence-electron chi connectivity index (χ3n) is 4.06. The fourth-order valence-electron chi connectivity index (χ4n) is 2.81. The van der Waals surface area contributed by atoms with Crippen LogP contribution in [-0.4, -0.2) is 0 Å². The molecule has 16 heavy (non-hydrogen) atoms. The van der Waals surface area contributed by atoms with Crippen molar-refractivity contribution < 1.29 is 0 Å². The van der Waals surface area contributed by atoms with Crippen LogP contribution in [0.5, 0.6) is 0 Å². The summed E-state index contributed by atoms with van der Waals surface area (Å²) in [6.07, 6.45) is 4.09. The van der Waals surface area contributed by atoms with E-state index in [1.54, 1.807) is 0 Å². The van der Waals surface area contributed by atoms with Gasteiger partial charge in [-0.25, -0.2) is 0 Å². The average Bonchev–Trinajstić information content (AvgIpc) is 2.14. The largest absolute Gasteiger partial charge is 0.0911 e. The fourth-order valence-corrected chi connectivity index (χ4v) is 2.81. The average molecular weight is 210 g/mol. The zero-order valence-corrected chi connectivity index (χ0v) is 10.1. The molecule has 0 N–H and O–H groups in total. The molecule has 1 aromatic carbocycles. The zero-order valence-electron chi connectivity index (χ0n) is 10.1. The van der Waals surface area contributed by atoms with Crippen molar-refractivity contribution in [1.82, 2.24) is 0 Å². The summed E-state index contributed by atoms with van der Waals surface area (Å²) in [6.45, 7) is 4.46. The summed E-state index contributed by atoms with van der Waals surface area (Å²) in [4.78, 5) is 0. The van der Waals surface area contributed by atoms with Gasteiger partial charge < -0.3 is 0 Å². The molecule has 2 bridgehead atoms. The predicted molar refractivity (Wildman–Crippen MR) is 67.2 cm³/mol. The van der Waals surface area contributed by atoms with Crippen LogP contribution in [0.4, 0.5) is 0 Å². The van der Waals surface area contributed by atoms with Crippen LogP contribution in [0.2, 0.25) is 0 Å². The van der Waals surface area contributed by atoms with Gasteiger partial charge in [0.1, 0.15) is 0 Å². The van der Waals surface area contributed by atoms with Crippen LogP contribution in [0.25, 0.3) is 0 Å². The maximum absolute atomic E-state index is 3.49. The first-order valence-corrected chi connectivity index (χ1v) is 6.30.